The summed E-state index contributed by atoms with van der Waals surface area (Å²) >= 11 is 0. The topological polar surface area (TPSA) is 131 Å². The number of benzene rings is 1. The molecule has 2 aromatic rings. The van der Waals surface area contributed by atoms with Crippen molar-refractivity contribution < 1.29 is 13.2 Å². The van der Waals surface area contributed by atoms with Crippen LogP contribution in [0.1, 0.15) is 0 Å². The predicted octanol–water partition coefficient (Wildman–Crippen LogP) is 0.477. The standard InChI is InChI=1S/C28H32N6O4S/c1-2-20(3-8-25(29)34-11-15-38-16-12-34)24-19-21-9-10-30-28(35)26(21)27(32-24)31-22-4-6-23(7-5-22)33-13-17-39(36,37)18-14-33/h2-10,19,29,31-32H,1,11-18H2,(H,30,35). The number of nitrogens with one attached hydrogen (secondary N) is 4. The number of morpholine rings is 1. The molecular weight excluding hydrogens is 516 g/mol. The third-order valence-corrected chi connectivity index (χ3v) is 8.56. The number of H-pyrrole nitrogens is 1. The van der Waals surface area contributed by atoms with E-state index in [9.17, 15) is 13.2 Å². The Kier molecular flexibility index (Phi) is 7.71. The maximum Gasteiger partial charge on any atom is 0.259 e. The predicted molar refractivity (Wildman–Crippen MR) is 155 cm³/mol. The van der Waals surface area contributed by atoms with Crippen LogP contribution in [-0.2, 0) is 14.6 Å². The molecule has 0 aliphatic carbocycles. The van der Waals surface area contributed by atoms with Crippen LogP contribution < -0.4 is 31.5 Å². The van der Waals surface area contributed by atoms with E-state index >= 15 is 0 Å². The number of rotatable bonds is 6. The minimum absolute atomic E-state index is 0.159. The van der Waals surface area contributed by atoms with Gasteiger partial charge in [0, 0.05) is 49.4 Å². The molecule has 10 nitrogen and oxygen atoms in total. The van der Waals surface area contributed by atoms with Gasteiger partial charge in [0.15, 0.2) is 9.84 Å². The second kappa shape index (κ2) is 11.3. The molecule has 0 atom stereocenters. The number of fused-ring (bicyclic) bond motifs is 1. The fourth-order valence-electron chi connectivity index (χ4n) is 4.73. The molecular formula is C28H32N6O4S. The molecule has 5 rings (SSSR count). The maximum atomic E-state index is 12.8. The molecule has 204 valence electrons. The van der Waals surface area contributed by atoms with E-state index in [4.69, 9.17) is 10.1 Å². The van der Waals surface area contributed by atoms with Gasteiger partial charge in [-0.25, -0.2) is 8.42 Å². The second-order valence-corrected chi connectivity index (χ2v) is 11.8. The van der Waals surface area contributed by atoms with Gasteiger partial charge in [-0.1, -0.05) is 12.7 Å². The molecule has 4 N–H and O–H groups in total. The Labute approximate surface area is 227 Å². The molecule has 0 bridgehead atoms. The van der Waals surface area contributed by atoms with E-state index in [1.54, 1.807) is 18.3 Å². The summed E-state index contributed by atoms with van der Waals surface area (Å²) in [5, 5.41) is 16.3. The van der Waals surface area contributed by atoms with Gasteiger partial charge in [0.1, 0.15) is 11.7 Å². The number of anilines is 2. The summed E-state index contributed by atoms with van der Waals surface area (Å²) in [6.07, 6.45) is 8.81. The Hall–Kier alpha value is -4.09. The second-order valence-electron chi connectivity index (χ2n) is 9.48. The summed E-state index contributed by atoms with van der Waals surface area (Å²) in [6.45, 7) is 7.49. The average Bonchev–Trinajstić information content (AvgIpc) is 2.94. The highest BCUT2D eigenvalue weighted by atomic mass is 32.2. The van der Waals surface area contributed by atoms with Crippen LogP contribution in [0.15, 0.2) is 77.4 Å². The monoisotopic (exact) mass is 548 g/mol. The van der Waals surface area contributed by atoms with Crippen LogP contribution in [0.5, 0.6) is 0 Å². The van der Waals surface area contributed by atoms with Crippen molar-refractivity contribution in [3.05, 3.63) is 93.4 Å². The highest BCUT2D eigenvalue weighted by molar-refractivity contribution is 7.91. The summed E-state index contributed by atoms with van der Waals surface area (Å²) in [5.41, 5.74) is 3.00. The summed E-state index contributed by atoms with van der Waals surface area (Å²) in [7, 11) is -2.95. The molecule has 0 amide bonds. The number of hydrogen-bond acceptors (Lipinski definition) is 8. The van der Waals surface area contributed by atoms with Crippen molar-refractivity contribution in [3.63, 3.8) is 0 Å². The van der Waals surface area contributed by atoms with Crippen LogP contribution in [0.4, 0.5) is 11.4 Å². The Bertz CT molecular complexity index is 1600. The van der Waals surface area contributed by atoms with Crippen molar-refractivity contribution in [1.29, 1.82) is 5.41 Å². The Morgan fingerprint density at radius 1 is 1.05 bits per heavy atom. The highest BCUT2D eigenvalue weighted by Crippen LogP contribution is 2.21. The fourth-order valence-corrected chi connectivity index (χ4v) is 5.93. The van der Waals surface area contributed by atoms with E-state index in [-0.39, 0.29) is 17.1 Å². The van der Waals surface area contributed by atoms with Crippen molar-refractivity contribution in [2.24, 2.45) is 0 Å². The van der Waals surface area contributed by atoms with Crippen LogP contribution in [0, 0.1) is 5.41 Å². The van der Waals surface area contributed by atoms with E-state index in [0.717, 1.165) is 27.9 Å². The van der Waals surface area contributed by atoms with E-state index in [1.165, 1.54) is 0 Å². The van der Waals surface area contributed by atoms with E-state index in [2.05, 4.69) is 27.1 Å². The van der Waals surface area contributed by atoms with Crippen LogP contribution in [0.2, 0.25) is 0 Å². The first-order valence-electron chi connectivity index (χ1n) is 12.8. The van der Waals surface area contributed by atoms with Crippen molar-refractivity contribution in [3.8, 4) is 0 Å². The van der Waals surface area contributed by atoms with Crippen LogP contribution >= 0.6 is 0 Å². The SMILES string of the molecule is C=CC(C=CC(=N)N1CCOCC1)=C1C=c2cc[nH]c(=O)c2=C(Nc2ccc(N3CCS(=O)(=O)CC3)cc2)N1. The number of hydrogen-bond donors (Lipinski definition) is 4. The molecule has 2 saturated heterocycles. The molecule has 1 aromatic heterocycles. The lowest BCUT2D eigenvalue weighted by Crippen LogP contribution is -2.49. The first kappa shape index (κ1) is 26.5. The zero-order valence-corrected chi connectivity index (χ0v) is 22.4. The maximum absolute atomic E-state index is 12.8. The number of nitrogens with zero attached hydrogens (tertiary/aromatic N) is 2. The third-order valence-electron chi connectivity index (χ3n) is 6.95. The number of amidine groups is 1. The molecule has 2 fully saturated rings. The van der Waals surface area contributed by atoms with Gasteiger partial charge in [0.2, 0.25) is 0 Å². The van der Waals surface area contributed by atoms with Gasteiger partial charge in [-0.2, -0.15) is 0 Å². The number of sulfone groups is 1. The summed E-state index contributed by atoms with van der Waals surface area (Å²) in [4.78, 5) is 19.6. The number of aromatic amines is 1. The minimum atomic E-state index is -2.95. The van der Waals surface area contributed by atoms with Crippen molar-refractivity contribution in [2.45, 2.75) is 0 Å². The number of pyridine rings is 1. The molecule has 1 aromatic carbocycles. The molecule has 0 spiro atoms. The van der Waals surface area contributed by atoms with Crippen molar-refractivity contribution >= 4 is 38.9 Å². The van der Waals surface area contributed by atoms with E-state index in [1.807, 2.05) is 47.4 Å². The van der Waals surface area contributed by atoms with E-state index < -0.39 is 9.84 Å². The van der Waals surface area contributed by atoms with Gasteiger partial charge in [0.25, 0.3) is 5.56 Å². The highest BCUT2D eigenvalue weighted by Gasteiger charge is 2.22. The largest absolute Gasteiger partial charge is 0.378 e. The zero-order valence-electron chi connectivity index (χ0n) is 21.6. The first-order chi connectivity index (χ1) is 18.8. The quantitative estimate of drug-likeness (QED) is 0.303. The van der Waals surface area contributed by atoms with E-state index in [0.29, 0.717) is 56.3 Å². The molecule has 0 saturated carbocycles. The lowest BCUT2D eigenvalue weighted by Gasteiger charge is -2.29. The van der Waals surface area contributed by atoms with Crippen LogP contribution in [0.3, 0.4) is 0 Å². The number of ether oxygens (including phenoxy) is 1. The lowest BCUT2D eigenvalue weighted by molar-refractivity contribution is 0.0681. The van der Waals surface area contributed by atoms with Crippen LogP contribution in [0.25, 0.3) is 11.9 Å². The minimum Gasteiger partial charge on any atom is -0.378 e. The van der Waals surface area contributed by atoms with Gasteiger partial charge in [-0.15, -0.1) is 0 Å². The Morgan fingerprint density at radius 2 is 1.77 bits per heavy atom. The molecule has 3 aliphatic rings. The van der Waals surface area contributed by atoms with Crippen LogP contribution in [-0.4, -0.2) is 75.0 Å². The first-order valence-corrected chi connectivity index (χ1v) is 14.6. The zero-order chi connectivity index (χ0) is 27.4. The normalized spacial score (nSPS) is 20.1. The number of aromatic nitrogens is 1. The molecule has 0 radical (unpaired) electrons. The summed E-state index contributed by atoms with van der Waals surface area (Å²) in [5.74, 6) is 1.25. The van der Waals surface area contributed by atoms with Gasteiger partial charge in [-0.3, -0.25) is 10.2 Å². The molecule has 4 heterocycles. The number of allylic oxidation sites excluding steroid dienone is 4. The Balaban J connectivity index is 1.41. The molecule has 3 aliphatic heterocycles. The van der Waals surface area contributed by atoms with Gasteiger partial charge >= 0.3 is 0 Å². The molecule has 0 unspecified atom stereocenters. The average molecular weight is 549 g/mol. The van der Waals surface area contributed by atoms with Gasteiger partial charge in [-0.05, 0) is 59.4 Å². The van der Waals surface area contributed by atoms with Crippen molar-refractivity contribution in [2.75, 3.05) is 61.1 Å². The summed E-state index contributed by atoms with van der Waals surface area (Å²) < 4.78 is 28.9. The molecule has 39 heavy (non-hydrogen) atoms. The summed E-state index contributed by atoms with van der Waals surface area (Å²) in [6, 6.07) is 9.54. The third kappa shape index (κ3) is 6.15. The fraction of sp³-hybridized carbons (Fsp3) is 0.286. The lowest BCUT2D eigenvalue weighted by atomic mass is 10.1. The Morgan fingerprint density at radius 3 is 2.46 bits per heavy atom. The van der Waals surface area contributed by atoms with Crippen molar-refractivity contribution in [1.82, 2.24) is 15.2 Å². The van der Waals surface area contributed by atoms with Gasteiger partial charge in [0.05, 0.1) is 29.9 Å². The molecule has 11 heteroatoms. The van der Waals surface area contributed by atoms with Gasteiger partial charge < -0.3 is 30.2 Å². The smallest absolute Gasteiger partial charge is 0.259 e.